The van der Waals surface area contributed by atoms with Crippen LogP contribution in [0.15, 0.2) is 24.7 Å². The number of amides is 1. The molecule has 0 saturated carbocycles. The van der Waals surface area contributed by atoms with Crippen molar-refractivity contribution in [1.82, 2.24) is 14.9 Å². The number of aromatic nitrogens is 2. The van der Waals surface area contributed by atoms with Crippen LogP contribution in [0.4, 0.5) is 16.4 Å². The Balaban J connectivity index is 1.90. The number of nitrogens with two attached hydrogens (primary N) is 1. The second-order valence-corrected chi connectivity index (χ2v) is 4.36. The fourth-order valence-corrected chi connectivity index (χ4v) is 1.80. The highest BCUT2D eigenvalue weighted by Crippen LogP contribution is 2.12. The van der Waals surface area contributed by atoms with Crippen molar-refractivity contribution in [3.63, 3.8) is 0 Å². The Kier molecular flexibility index (Phi) is 3.84. The Morgan fingerprint density at radius 2 is 1.89 bits per heavy atom. The van der Waals surface area contributed by atoms with Crippen LogP contribution < -0.4 is 10.6 Å². The number of carbonyl (C=O) groups is 1. The molecule has 1 fully saturated rings. The van der Waals surface area contributed by atoms with Gasteiger partial charge in [-0.2, -0.15) is 0 Å². The third-order valence-corrected chi connectivity index (χ3v) is 2.74. The molecule has 0 spiro atoms. The van der Waals surface area contributed by atoms with Gasteiger partial charge in [0.1, 0.15) is 0 Å². The topological polar surface area (TPSA) is 84.6 Å². The molecular formula is C12H17N5O2. The monoisotopic (exact) mass is 263 g/mol. The van der Waals surface area contributed by atoms with Crippen LogP contribution in [-0.2, 0) is 4.74 Å². The molecule has 2 heterocycles. The molecule has 7 nitrogen and oxygen atoms in total. The van der Waals surface area contributed by atoms with E-state index >= 15 is 0 Å². The SMILES string of the molecule is C=C(C)OC(=O)N1CCN(c2ncc(N)cn2)CC1. The van der Waals surface area contributed by atoms with Gasteiger partial charge in [-0.05, 0) is 6.92 Å². The lowest BCUT2D eigenvalue weighted by atomic mass is 10.3. The first-order chi connectivity index (χ1) is 9.06. The van der Waals surface area contributed by atoms with Gasteiger partial charge in [0, 0.05) is 26.2 Å². The predicted molar refractivity (Wildman–Crippen MR) is 71.5 cm³/mol. The molecule has 7 heteroatoms. The summed E-state index contributed by atoms with van der Waals surface area (Å²) in [5.74, 6) is 1.02. The molecule has 1 aromatic heterocycles. The minimum Gasteiger partial charge on any atom is -0.416 e. The van der Waals surface area contributed by atoms with Gasteiger partial charge in [-0.25, -0.2) is 14.8 Å². The molecule has 0 radical (unpaired) electrons. The largest absolute Gasteiger partial charge is 0.416 e. The smallest absolute Gasteiger partial charge is 0.414 e. The summed E-state index contributed by atoms with van der Waals surface area (Å²) in [6.45, 7) is 7.66. The van der Waals surface area contributed by atoms with Gasteiger partial charge in [0.25, 0.3) is 0 Å². The van der Waals surface area contributed by atoms with E-state index in [1.54, 1.807) is 24.2 Å². The van der Waals surface area contributed by atoms with Gasteiger partial charge in [-0.1, -0.05) is 6.58 Å². The van der Waals surface area contributed by atoms with E-state index in [9.17, 15) is 4.79 Å². The Labute approximate surface area is 111 Å². The van der Waals surface area contributed by atoms with E-state index in [0.29, 0.717) is 43.6 Å². The summed E-state index contributed by atoms with van der Waals surface area (Å²) in [4.78, 5) is 23.6. The van der Waals surface area contributed by atoms with Gasteiger partial charge in [0.2, 0.25) is 5.95 Å². The average molecular weight is 263 g/mol. The molecule has 0 bridgehead atoms. The molecule has 0 unspecified atom stereocenters. The normalized spacial score (nSPS) is 15.2. The maximum atomic E-state index is 11.7. The van der Waals surface area contributed by atoms with Crippen LogP contribution in [0, 0.1) is 0 Å². The van der Waals surface area contributed by atoms with E-state index < -0.39 is 0 Å². The molecular weight excluding hydrogens is 246 g/mol. The summed E-state index contributed by atoms with van der Waals surface area (Å²) in [5, 5.41) is 0. The average Bonchev–Trinajstić information content (AvgIpc) is 2.39. The van der Waals surface area contributed by atoms with Crippen LogP contribution in [0.3, 0.4) is 0 Å². The van der Waals surface area contributed by atoms with Gasteiger partial charge in [-0.15, -0.1) is 0 Å². The van der Waals surface area contributed by atoms with Crippen molar-refractivity contribution < 1.29 is 9.53 Å². The number of anilines is 2. The maximum Gasteiger partial charge on any atom is 0.414 e. The highest BCUT2D eigenvalue weighted by molar-refractivity contribution is 5.69. The lowest BCUT2D eigenvalue weighted by molar-refractivity contribution is 0.126. The first-order valence-electron chi connectivity index (χ1n) is 6.01. The number of nitrogens with zero attached hydrogens (tertiary/aromatic N) is 4. The second-order valence-electron chi connectivity index (χ2n) is 4.36. The number of rotatable bonds is 2. The van der Waals surface area contributed by atoms with Crippen LogP contribution >= 0.6 is 0 Å². The van der Waals surface area contributed by atoms with Crippen LogP contribution in [0.25, 0.3) is 0 Å². The summed E-state index contributed by atoms with van der Waals surface area (Å²) in [7, 11) is 0. The van der Waals surface area contributed by atoms with Crippen molar-refractivity contribution in [3.8, 4) is 0 Å². The van der Waals surface area contributed by atoms with Crippen LogP contribution in [0.1, 0.15) is 6.92 Å². The third-order valence-electron chi connectivity index (χ3n) is 2.74. The van der Waals surface area contributed by atoms with Gasteiger partial charge >= 0.3 is 6.09 Å². The van der Waals surface area contributed by atoms with Crippen molar-refractivity contribution in [2.24, 2.45) is 0 Å². The van der Waals surface area contributed by atoms with Crippen molar-refractivity contribution in [2.75, 3.05) is 36.8 Å². The molecule has 102 valence electrons. The number of piperazine rings is 1. The van der Waals surface area contributed by atoms with E-state index in [1.807, 2.05) is 4.90 Å². The Hall–Kier alpha value is -2.31. The lowest BCUT2D eigenvalue weighted by Crippen LogP contribution is -2.49. The second kappa shape index (κ2) is 5.55. The molecule has 0 aromatic carbocycles. The molecule has 1 aliphatic rings. The minimum absolute atomic E-state index is 0.356. The Bertz CT molecular complexity index is 466. The summed E-state index contributed by atoms with van der Waals surface area (Å²) in [5.41, 5.74) is 6.08. The quantitative estimate of drug-likeness (QED) is 0.796. The lowest BCUT2D eigenvalue weighted by Gasteiger charge is -2.33. The standard InChI is InChI=1S/C12H17N5O2/c1-9(2)19-12(18)17-5-3-16(4-6-17)11-14-7-10(13)8-15-11/h7-8H,1,3-6,13H2,2H3. The molecule has 1 saturated heterocycles. The number of hydrogen-bond donors (Lipinski definition) is 1. The third kappa shape index (κ3) is 3.34. The molecule has 0 atom stereocenters. The number of allylic oxidation sites excluding steroid dienone is 1. The predicted octanol–water partition coefficient (Wildman–Crippen LogP) is 0.851. The van der Waals surface area contributed by atoms with E-state index in [1.165, 1.54) is 0 Å². The van der Waals surface area contributed by atoms with Crippen LogP contribution in [-0.4, -0.2) is 47.1 Å². The first-order valence-corrected chi connectivity index (χ1v) is 6.01. The van der Waals surface area contributed by atoms with E-state index in [0.717, 1.165) is 0 Å². The van der Waals surface area contributed by atoms with Gasteiger partial charge < -0.3 is 20.3 Å². The summed E-state index contributed by atoms with van der Waals surface area (Å²) in [6.07, 6.45) is 2.79. The zero-order valence-corrected chi connectivity index (χ0v) is 10.9. The summed E-state index contributed by atoms with van der Waals surface area (Å²) in [6, 6.07) is 0. The number of carbonyl (C=O) groups excluding carboxylic acids is 1. The highest BCUT2D eigenvalue weighted by Gasteiger charge is 2.23. The minimum atomic E-state index is -0.356. The van der Waals surface area contributed by atoms with Crippen molar-refractivity contribution >= 4 is 17.7 Å². The van der Waals surface area contributed by atoms with Crippen molar-refractivity contribution in [3.05, 3.63) is 24.7 Å². The summed E-state index contributed by atoms with van der Waals surface area (Å²) < 4.78 is 4.97. The number of hydrogen-bond acceptors (Lipinski definition) is 6. The van der Waals surface area contributed by atoms with Gasteiger partial charge in [0.15, 0.2) is 0 Å². The van der Waals surface area contributed by atoms with Crippen LogP contribution in [0.5, 0.6) is 0 Å². The highest BCUT2D eigenvalue weighted by atomic mass is 16.6. The van der Waals surface area contributed by atoms with E-state index in [-0.39, 0.29) is 6.09 Å². The zero-order chi connectivity index (χ0) is 13.8. The Morgan fingerprint density at radius 1 is 1.32 bits per heavy atom. The fourth-order valence-electron chi connectivity index (χ4n) is 1.80. The summed E-state index contributed by atoms with van der Waals surface area (Å²) >= 11 is 0. The fraction of sp³-hybridized carbons (Fsp3) is 0.417. The van der Waals surface area contributed by atoms with E-state index in [2.05, 4.69) is 16.5 Å². The van der Waals surface area contributed by atoms with Crippen LogP contribution in [0.2, 0.25) is 0 Å². The molecule has 1 aromatic rings. The van der Waals surface area contributed by atoms with Gasteiger partial charge in [-0.3, -0.25) is 0 Å². The molecule has 1 amide bonds. The number of nitrogen functional groups attached to an aromatic ring is 1. The van der Waals surface area contributed by atoms with Crippen molar-refractivity contribution in [2.45, 2.75) is 6.92 Å². The Morgan fingerprint density at radius 3 is 2.42 bits per heavy atom. The molecule has 2 rings (SSSR count). The number of ether oxygens (including phenoxy) is 1. The maximum absolute atomic E-state index is 11.7. The van der Waals surface area contributed by atoms with E-state index in [4.69, 9.17) is 10.5 Å². The first kappa shape index (κ1) is 13.1. The molecule has 19 heavy (non-hydrogen) atoms. The molecule has 1 aliphatic heterocycles. The zero-order valence-electron chi connectivity index (χ0n) is 10.9. The van der Waals surface area contributed by atoms with Crippen molar-refractivity contribution in [1.29, 1.82) is 0 Å². The van der Waals surface area contributed by atoms with Gasteiger partial charge in [0.05, 0.1) is 23.8 Å². The molecule has 0 aliphatic carbocycles. The molecule has 2 N–H and O–H groups in total.